The van der Waals surface area contributed by atoms with Gasteiger partial charge >= 0.3 is 0 Å². The van der Waals surface area contributed by atoms with Crippen molar-refractivity contribution in [2.45, 2.75) is 57.6 Å². The van der Waals surface area contributed by atoms with Crippen molar-refractivity contribution in [3.8, 4) is 0 Å². The van der Waals surface area contributed by atoms with Crippen molar-refractivity contribution in [1.29, 1.82) is 0 Å². The molecule has 1 aromatic carbocycles. The lowest BCUT2D eigenvalue weighted by Crippen LogP contribution is -2.26. The van der Waals surface area contributed by atoms with Crippen molar-refractivity contribution >= 4 is 15.7 Å². The minimum Gasteiger partial charge on any atom is -0.366 e. The summed E-state index contributed by atoms with van der Waals surface area (Å²) >= 11 is 0. The average molecular weight is 352 g/mol. The van der Waals surface area contributed by atoms with Crippen molar-refractivity contribution in [2.75, 3.05) is 5.75 Å². The first kappa shape index (κ1) is 19.0. The number of rotatable bonds is 7. The first-order valence-electron chi connectivity index (χ1n) is 8.88. The van der Waals surface area contributed by atoms with Gasteiger partial charge in [-0.3, -0.25) is 4.79 Å². The zero-order valence-corrected chi connectivity index (χ0v) is 15.5. The van der Waals surface area contributed by atoms with E-state index in [0.717, 1.165) is 44.1 Å². The summed E-state index contributed by atoms with van der Waals surface area (Å²) in [6, 6.07) is 7.53. The van der Waals surface area contributed by atoms with E-state index in [1.54, 1.807) is 19.9 Å². The fourth-order valence-electron chi connectivity index (χ4n) is 3.46. The van der Waals surface area contributed by atoms with Gasteiger partial charge in [0.15, 0.2) is 9.84 Å². The second-order valence-corrected chi connectivity index (χ2v) is 9.97. The van der Waals surface area contributed by atoms with Gasteiger partial charge in [-0.05, 0) is 69.1 Å². The van der Waals surface area contributed by atoms with Crippen LogP contribution in [0.15, 0.2) is 24.3 Å². The molecule has 0 heterocycles. The first-order chi connectivity index (χ1) is 11.3. The molecular formula is C19H29NO3S. The first-order valence-corrected chi connectivity index (χ1v) is 10.6. The SMILES string of the molecule is CC(C)S(=O)(=O)CC1CCC(CCc2cccc(C(N)=O)c2)CC1. The third kappa shape index (κ3) is 5.33. The molecule has 24 heavy (non-hydrogen) atoms. The number of nitrogens with two attached hydrogens (primary N) is 1. The van der Waals surface area contributed by atoms with E-state index in [4.69, 9.17) is 5.73 Å². The summed E-state index contributed by atoms with van der Waals surface area (Å²) in [5.74, 6) is 0.939. The lowest BCUT2D eigenvalue weighted by atomic mass is 9.80. The third-order valence-corrected chi connectivity index (χ3v) is 7.58. The molecule has 0 atom stereocenters. The topological polar surface area (TPSA) is 77.2 Å². The molecule has 0 radical (unpaired) electrons. The van der Waals surface area contributed by atoms with E-state index >= 15 is 0 Å². The fourth-order valence-corrected chi connectivity index (χ4v) is 4.83. The lowest BCUT2D eigenvalue weighted by Gasteiger charge is -2.28. The molecule has 4 nitrogen and oxygen atoms in total. The van der Waals surface area contributed by atoms with Crippen LogP contribution in [0.25, 0.3) is 0 Å². The molecule has 0 unspecified atom stereocenters. The second-order valence-electron chi connectivity index (χ2n) is 7.37. The molecule has 0 saturated heterocycles. The molecule has 5 heteroatoms. The Balaban J connectivity index is 1.79. The van der Waals surface area contributed by atoms with Gasteiger partial charge in [-0.15, -0.1) is 0 Å². The molecule has 1 aromatic rings. The number of benzene rings is 1. The Bertz CT molecular complexity index is 659. The Morgan fingerprint density at radius 1 is 1.17 bits per heavy atom. The van der Waals surface area contributed by atoms with E-state index in [2.05, 4.69) is 0 Å². The monoisotopic (exact) mass is 351 g/mol. The molecule has 1 fully saturated rings. The number of carbonyl (C=O) groups excluding carboxylic acids is 1. The van der Waals surface area contributed by atoms with E-state index in [1.807, 2.05) is 18.2 Å². The summed E-state index contributed by atoms with van der Waals surface area (Å²) in [5.41, 5.74) is 7.03. The van der Waals surface area contributed by atoms with Crippen molar-refractivity contribution in [2.24, 2.45) is 17.6 Å². The molecule has 134 valence electrons. The predicted molar refractivity (Wildman–Crippen MR) is 97.7 cm³/mol. The van der Waals surface area contributed by atoms with Gasteiger partial charge in [0, 0.05) is 5.56 Å². The Labute approximate surface area is 145 Å². The maximum atomic E-state index is 12.0. The summed E-state index contributed by atoms with van der Waals surface area (Å²) in [6.45, 7) is 3.53. The zero-order chi connectivity index (χ0) is 17.7. The van der Waals surface area contributed by atoms with Gasteiger partial charge in [-0.1, -0.05) is 25.0 Å². The molecule has 0 aromatic heterocycles. The highest BCUT2D eigenvalue weighted by molar-refractivity contribution is 7.91. The van der Waals surface area contributed by atoms with Crippen LogP contribution >= 0.6 is 0 Å². The van der Waals surface area contributed by atoms with Crippen molar-refractivity contribution in [3.05, 3.63) is 35.4 Å². The van der Waals surface area contributed by atoms with Crippen LogP contribution in [-0.2, 0) is 16.3 Å². The Hall–Kier alpha value is -1.36. The minimum atomic E-state index is -2.93. The largest absolute Gasteiger partial charge is 0.366 e. The van der Waals surface area contributed by atoms with E-state index in [0.29, 0.717) is 23.2 Å². The maximum absolute atomic E-state index is 12.0. The predicted octanol–water partition coefficient (Wildman–Crippen LogP) is 3.35. The second kappa shape index (κ2) is 8.15. The summed E-state index contributed by atoms with van der Waals surface area (Å²) in [6.07, 6.45) is 6.27. The third-order valence-electron chi connectivity index (χ3n) is 5.21. The summed E-state index contributed by atoms with van der Waals surface area (Å²) in [4.78, 5) is 11.2. The highest BCUT2D eigenvalue weighted by atomic mass is 32.2. The number of carbonyl (C=O) groups is 1. The fraction of sp³-hybridized carbons (Fsp3) is 0.632. The Morgan fingerprint density at radius 3 is 2.38 bits per heavy atom. The number of hydrogen-bond donors (Lipinski definition) is 1. The zero-order valence-electron chi connectivity index (χ0n) is 14.7. The van der Waals surface area contributed by atoms with Gasteiger partial charge in [0.25, 0.3) is 0 Å². The number of amides is 1. The van der Waals surface area contributed by atoms with Crippen molar-refractivity contribution < 1.29 is 13.2 Å². The van der Waals surface area contributed by atoms with Gasteiger partial charge < -0.3 is 5.73 Å². The highest BCUT2D eigenvalue weighted by Crippen LogP contribution is 2.33. The molecule has 1 saturated carbocycles. The van der Waals surface area contributed by atoms with Gasteiger partial charge in [-0.2, -0.15) is 0 Å². The molecule has 0 bridgehead atoms. The summed E-state index contributed by atoms with van der Waals surface area (Å²) in [5, 5.41) is -0.271. The Morgan fingerprint density at radius 2 is 1.79 bits per heavy atom. The van der Waals surface area contributed by atoms with E-state index in [9.17, 15) is 13.2 Å². The van der Waals surface area contributed by atoms with Crippen LogP contribution in [0.4, 0.5) is 0 Å². The van der Waals surface area contributed by atoms with E-state index in [-0.39, 0.29) is 11.2 Å². The van der Waals surface area contributed by atoms with E-state index < -0.39 is 9.84 Å². The van der Waals surface area contributed by atoms with Gasteiger partial charge in [-0.25, -0.2) is 8.42 Å². The molecule has 1 amide bonds. The lowest BCUT2D eigenvalue weighted by molar-refractivity contribution is 0.1000. The maximum Gasteiger partial charge on any atom is 0.248 e. The molecule has 1 aliphatic rings. The number of aryl methyl sites for hydroxylation is 1. The Kier molecular flexibility index (Phi) is 6.44. The number of sulfone groups is 1. The summed E-state index contributed by atoms with van der Waals surface area (Å²) < 4.78 is 24.1. The number of primary amides is 1. The van der Waals surface area contributed by atoms with Gasteiger partial charge in [0.05, 0.1) is 11.0 Å². The van der Waals surface area contributed by atoms with Crippen LogP contribution in [0.1, 0.15) is 61.9 Å². The molecule has 0 aliphatic heterocycles. The smallest absolute Gasteiger partial charge is 0.248 e. The van der Waals surface area contributed by atoms with E-state index in [1.165, 1.54) is 0 Å². The van der Waals surface area contributed by atoms with Crippen molar-refractivity contribution in [1.82, 2.24) is 0 Å². The quantitative estimate of drug-likeness (QED) is 0.818. The van der Waals surface area contributed by atoms with Crippen LogP contribution in [0.2, 0.25) is 0 Å². The van der Waals surface area contributed by atoms with Crippen molar-refractivity contribution in [3.63, 3.8) is 0 Å². The standard InChI is InChI=1S/C19H29NO3S/c1-14(2)24(22,23)13-17-10-7-15(8-11-17)6-9-16-4-3-5-18(12-16)19(20)21/h3-5,12,14-15,17H,6-11,13H2,1-2H3,(H2,20,21). The minimum absolute atomic E-state index is 0.271. The highest BCUT2D eigenvalue weighted by Gasteiger charge is 2.27. The molecule has 1 aliphatic carbocycles. The van der Waals surface area contributed by atoms with Crippen LogP contribution in [0.3, 0.4) is 0 Å². The van der Waals surface area contributed by atoms with Crippen LogP contribution in [0.5, 0.6) is 0 Å². The van der Waals surface area contributed by atoms with Gasteiger partial charge in [0.1, 0.15) is 0 Å². The normalized spacial score (nSPS) is 21.8. The summed E-state index contributed by atoms with van der Waals surface area (Å²) in [7, 11) is -2.93. The number of hydrogen-bond acceptors (Lipinski definition) is 3. The van der Waals surface area contributed by atoms with Crippen LogP contribution in [0, 0.1) is 11.8 Å². The van der Waals surface area contributed by atoms with Crippen LogP contribution < -0.4 is 5.73 Å². The van der Waals surface area contributed by atoms with Gasteiger partial charge in [0.2, 0.25) is 5.91 Å². The molecular weight excluding hydrogens is 322 g/mol. The average Bonchev–Trinajstić information content (AvgIpc) is 2.54. The molecule has 0 spiro atoms. The van der Waals surface area contributed by atoms with Crippen LogP contribution in [-0.4, -0.2) is 25.3 Å². The molecule has 2 rings (SSSR count). The molecule has 2 N–H and O–H groups in total.